The predicted octanol–water partition coefficient (Wildman–Crippen LogP) is 5.54. The molecule has 0 fully saturated rings. The van der Waals surface area contributed by atoms with Crippen LogP contribution in [0.5, 0.6) is 0 Å². The molecule has 0 saturated heterocycles. The van der Waals surface area contributed by atoms with Gasteiger partial charge in [0.1, 0.15) is 0 Å². The lowest BCUT2D eigenvalue weighted by molar-refractivity contribution is -0.384. The van der Waals surface area contributed by atoms with E-state index in [2.05, 4.69) is 20.8 Å². The van der Waals surface area contributed by atoms with Gasteiger partial charge in [0.05, 0.1) is 17.5 Å². The summed E-state index contributed by atoms with van der Waals surface area (Å²) in [6.07, 6.45) is 3.39. The van der Waals surface area contributed by atoms with Gasteiger partial charge in [-0.1, -0.05) is 16.8 Å². The molecule has 0 unspecified atom stereocenters. The summed E-state index contributed by atoms with van der Waals surface area (Å²) in [5, 5.41) is 23.0. The minimum absolute atomic E-state index is 0.0663. The second-order valence-corrected chi connectivity index (χ2v) is 8.05. The van der Waals surface area contributed by atoms with Crippen LogP contribution in [0.4, 0.5) is 17.2 Å². The van der Waals surface area contributed by atoms with E-state index in [0.29, 0.717) is 17.1 Å². The third-order valence-corrected chi connectivity index (χ3v) is 5.57. The number of non-ortho nitro benzene ring substituents is 1. The third-order valence-electron chi connectivity index (χ3n) is 5.34. The van der Waals surface area contributed by atoms with Crippen LogP contribution in [0.1, 0.15) is 23.2 Å². The molecule has 2 heterocycles. The minimum atomic E-state index is -0.617. The molecule has 2 N–H and O–H groups in total. The van der Waals surface area contributed by atoms with Crippen molar-refractivity contribution >= 4 is 45.7 Å². The van der Waals surface area contributed by atoms with Gasteiger partial charge in [-0.2, -0.15) is 0 Å². The van der Waals surface area contributed by atoms with Gasteiger partial charge in [-0.05, 0) is 49.2 Å². The first-order valence-electron chi connectivity index (χ1n) is 10.8. The maximum atomic E-state index is 12.4. The van der Waals surface area contributed by atoms with E-state index < -0.39 is 10.9 Å². The Morgan fingerprint density at radius 3 is 2.57 bits per heavy atom. The maximum absolute atomic E-state index is 12.4. The largest absolute Gasteiger partial charge is 0.465 e. The Hall–Kier alpha value is -4.18. The van der Waals surface area contributed by atoms with Crippen LogP contribution in [-0.2, 0) is 4.74 Å². The summed E-state index contributed by atoms with van der Waals surface area (Å²) >= 11 is 6.04. The van der Waals surface area contributed by atoms with Crippen molar-refractivity contribution < 1.29 is 19.0 Å². The number of nitrogens with one attached hydrogen (secondary N) is 2. The van der Waals surface area contributed by atoms with E-state index >= 15 is 0 Å². The maximum Gasteiger partial charge on any atom is 0.345 e. The number of anilines is 2. The number of pyridine rings is 1. The van der Waals surface area contributed by atoms with Crippen molar-refractivity contribution in [3.05, 3.63) is 75.4 Å². The SMILES string of the molecule is COC(=O)c1c(NCCCCNc2ccnc3cc(Cl)ccc23)noc1-c1ccc([N+](=O)[O-])cc1. The zero-order valence-corrected chi connectivity index (χ0v) is 19.5. The van der Waals surface area contributed by atoms with Crippen molar-refractivity contribution in [2.75, 3.05) is 30.8 Å². The molecule has 0 aliphatic heterocycles. The van der Waals surface area contributed by atoms with Gasteiger partial charge < -0.3 is 19.9 Å². The number of halogens is 1. The summed E-state index contributed by atoms with van der Waals surface area (Å²) in [4.78, 5) is 27.1. The lowest BCUT2D eigenvalue weighted by Gasteiger charge is -2.10. The number of rotatable bonds is 10. The van der Waals surface area contributed by atoms with E-state index in [1.807, 2.05) is 24.3 Å². The van der Waals surface area contributed by atoms with Crippen LogP contribution in [0.3, 0.4) is 0 Å². The van der Waals surface area contributed by atoms with Crippen molar-refractivity contribution in [2.45, 2.75) is 12.8 Å². The Kier molecular flexibility index (Phi) is 7.41. The Labute approximate surface area is 205 Å². The Balaban J connectivity index is 1.35. The number of methoxy groups -OCH3 is 1. The smallest absolute Gasteiger partial charge is 0.345 e. The molecule has 0 saturated carbocycles. The number of unbranched alkanes of at least 4 members (excludes halogenated alkanes) is 1. The molecule has 0 bridgehead atoms. The number of fused-ring (bicyclic) bond motifs is 1. The fraction of sp³-hybridized carbons (Fsp3) is 0.208. The van der Waals surface area contributed by atoms with Gasteiger partial charge in [-0.3, -0.25) is 15.1 Å². The van der Waals surface area contributed by atoms with Gasteiger partial charge in [0.2, 0.25) is 0 Å². The van der Waals surface area contributed by atoms with Gasteiger partial charge in [-0.25, -0.2) is 4.79 Å². The van der Waals surface area contributed by atoms with E-state index in [4.69, 9.17) is 20.9 Å². The summed E-state index contributed by atoms with van der Waals surface area (Å²) in [7, 11) is 1.27. The van der Waals surface area contributed by atoms with Crippen LogP contribution in [0.15, 0.2) is 59.3 Å². The molecule has 2 aromatic heterocycles. The van der Waals surface area contributed by atoms with Gasteiger partial charge >= 0.3 is 5.97 Å². The molecule has 11 heteroatoms. The predicted molar refractivity (Wildman–Crippen MR) is 133 cm³/mol. The number of nitrogens with zero attached hydrogens (tertiary/aromatic N) is 3. The molecular weight excluding hydrogens is 474 g/mol. The average Bonchev–Trinajstić information content (AvgIpc) is 3.29. The molecule has 0 amide bonds. The van der Waals surface area contributed by atoms with Crippen molar-refractivity contribution in [1.29, 1.82) is 0 Å². The van der Waals surface area contributed by atoms with Crippen molar-refractivity contribution in [3.63, 3.8) is 0 Å². The van der Waals surface area contributed by atoms with Gasteiger partial charge in [0.15, 0.2) is 17.1 Å². The van der Waals surface area contributed by atoms with Crippen LogP contribution in [0, 0.1) is 10.1 Å². The first kappa shape index (κ1) is 24.0. The van der Waals surface area contributed by atoms with E-state index in [1.54, 1.807) is 6.20 Å². The Morgan fingerprint density at radius 2 is 1.86 bits per heavy atom. The highest BCUT2D eigenvalue weighted by molar-refractivity contribution is 6.31. The molecule has 10 nitrogen and oxygen atoms in total. The van der Waals surface area contributed by atoms with Crippen molar-refractivity contribution in [1.82, 2.24) is 10.1 Å². The molecule has 0 radical (unpaired) electrons. The summed E-state index contributed by atoms with van der Waals surface area (Å²) in [6, 6.07) is 13.2. The number of nitro benzene ring substituents is 1. The molecule has 4 rings (SSSR count). The first-order chi connectivity index (χ1) is 17.0. The number of hydrogen-bond acceptors (Lipinski definition) is 9. The topological polar surface area (TPSA) is 132 Å². The average molecular weight is 496 g/mol. The minimum Gasteiger partial charge on any atom is -0.465 e. The summed E-state index contributed by atoms with van der Waals surface area (Å²) in [6.45, 7) is 1.28. The second-order valence-electron chi connectivity index (χ2n) is 7.61. The summed E-state index contributed by atoms with van der Waals surface area (Å²) in [5.74, 6) is -0.177. The molecule has 0 atom stereocenters. The quantitative estimate of drug-likeness (QED) is 0.126. The van der Waals surface area contributed by atoms with Crippen molar-refractivity contribution in [3.8, 4) is 11.3 Å². The Morgan fingerprint density at radius 1 is 1.11 bits per heavy atom. The number of benzene rings is 2. The lowest BCUT2D eigenvalue weighted by Crippen LogP contribution is -2.10. The standard InChI is InChI=1S/C24H22ClN5O5/c1-34-24(31)21-22(15-4-7-17(8-5-15)30(32)33)35-29-23(21)28-12-3-2-11-26-19-10-13-27-20-14-16(25)6-9-18(19)20/h4-10,13-14H,2-3,11-12H2,1H3,(H,26,27)(H,28,29). The van der Waals surface area contributed by atoms with Crippen LogP contribution < -0.4 is 10.6 Å². The molecule has 4 aromatic rings. The van der Waals surface area contributed by atoms with Crippen LogP contribution in [0.2, 0.25) is 5.02 Å². The number of carbonyl (C=O) groups excluding carboxylic acids is 1. The number of nitro groups is 1. The highest BCUT2D eigenvalue weighted by Gasteiger charge is 2.25. The highest BCUT2D eigenvalue weighted by atomic mass is 35.5. The van der Waals surface area contributed by atoms with E-state index in [0.717, 1.165) is 36.0 Å². The third kappa shape index (κ3) is 5.49. The Bertz CT molecular complexity index is 1360. The molecule has 2 aromatic carbocycles. The zero-order valence-electron chi connectivity index (χ0n) is 18.8. The number of carbonyl (C=O) groups is 1. The number of ether oxygens (including phenoxy) is 1. The van der Waals surface area contributed by atoms with Crippen LogP contribution in [0.25, 0.3) is 22.2 Å². The van der Waals surface area contributed by atoms with E-state index in [1.165, 1.54) is 31.4 Å². The summed E-state index contributed by atoms with van der Waals surface area (Å²) < 4.78 is 10.3. The molecule has 180 valence electrons. The number of esters is 1. The van der Waals surface area contributed by atoms with Crippen LogP contribution >= 0.6 is 11.6 Å². The fourth-order valence-corrected chi connectivity index (χ4v) is 3.76. The summed E-state index contributed by atoms with van der Waals surface area (Å²) in [5.41, 5.74) is 2.36. The second kappa shape index (κ2) is 10.8. The number of hydrogen-bond donors (Lipinski definition) is 2. The first-order valence-corrected chi connectivity index (χ1v) is 11.2. The fourth-order valence-electron chi connectivity index (χ4n) is 3.59. The molecular formula is C24H22ClN5O5. The molecule has 0 spiro atoms. The molecule has 0 aliphatic rings. The van der Waals surface area contributed by atoms with Crippen LogP contribution in [-0.4, -0.2) is 41.2 Å². The molecule has 0 aliphatic carbocycles. The van der Waals surface area contributed by atoms with Crippen molar-refractivity contribution in [2.24, 2.45) is 0 Å². The highest BCUT2D eigenvalue weighted by Crippen LogP contribution is 2.31. The lowest BCUT2D eigenvalue weighted by atomic mass is 10.1. The van der Waals surface area contributed by atoms with Gasteiger partial charge in [0, 0.05) is 53.1 Å². The monoisotopic (exact) mass is 495 g/mol. The van der Waals surface area contributed by atoms with Gasteiger partial charge in [-0.15, -0.1) is 0 Å². The zero-order chi connectivity index (χ0) is 24.8. The normalized spacial score (nSPS) is 10.8. The van der Waals surface area contributed by atoms with E-state index in [9.17, 15) is 14.9 Å². The van der Waals surface area contributed by atoms with Gasteiger partial charge in [0.25, 0.3) is 5.69 Å². The molecule has 35 heavy (non-hydrogen) atoms. The van der Waals surface area contributed by atoms with E-state index in [-0.39, 0.29) is 22.8 Å². The number of aromatic nitrogens is 2.